The van der Waals surface area contributed by atoms with Crippen molar-refractivity contribution >= 4 is 5.91 Å². The maximum atomic E-state index is 12.9. The molecule has 3 heterocycles. The van der Waals surface area contributed by atoms with Crippen LogP contribution in [0, 0.1) is 13.8 Å². The van der Waals surface area contributed by atoms with E-state index in [1.807, 2.05) is 24.3 Å². The van der Waals surface area contributed by atoms with Gasteiger partial charge in [-0.2, -0.15) is 5.10 Å². The molecule has 2 aromatic carbocycles. The molecule has 2 atom stereocenters. The molecular formula is C28H35N5O3. The Labute approximate surface area is 212 Å². The van der Waals surface area contributed by atoms with Gasteiger partial charge in [0.05, 0.1) is 12.3 Å². The Morgan fingerprint density at radius 3 is 2.44 bits per heavy atom. The number of carbonyl (C=O) groups is 1. The van der Waals surface area contributed by atoms with Gasteiger partial charge in [0, 0.05) is 37.3 Å². The van der Waals surface area contributed by atoms with Crippen LogP contribution in [0.2, 0.25) is 0 Å². The minimum absolute atomic E-state index is 0.00600. The standard InChI is InChI=1S/C28H35N5O3/c1-19-20(2)27(36-13-12-35-3)11-6-22(19)16-32-25-9-10-26(32)15-23(14-25)31-28(34)21-4-7-24(8-5-21)33-18-29-17-30-33/h4-8,11,17-18,23,25-26H,9-10,12-16H2,1-3H3,(H,31,34). The summed E-state index contributed by atoms with van der Waals surface area (Å²) < 4.78 is 12.7. The predicted molar refractivity (Wildman–Crippen MR) is 137 cm³/mol. The topological polar surface area (TPSA) is 81.5 Å². The predicted octanol–water partition coefficient (Wildman–Crippen LogP) is 3.83. The summed E-state index contributed by atoms with van der Waals surface area (Å²) in [5.41, 5.74) is 5.42. The Hall–Kier alpha value is -3.23. The molecule has 2 aliphatic rings. The highest BCUT2D eigenvalue weighted by Gasteiger charge is 2.41. The van der Waals surface area contributed by atoms with E-state index in [2.05, 4.69) is 46.3 Å². The van der Waals surface area contributed by atoms with Gasteiger partial charge in [0.2, 0.25) is 0 Å². The molecule has 3 aromatic rings. The first-order valence-corrected chi connectivity index (χ1v) is 12.8. The van der Waals surface area contributed by atoms with Gasteiger partial charge in [0.25, 0.3) is 5.91 Å². The number of carbonyl (C=O) groups excluding carboxylic acids is 1. The minimum Gasteiger partial charge on any atom is -0.491 e. The summed E-state index contributed by atoms with van der Waals surface area (Å²) in [4.78, 5) is 19.6. The van der Waals surface area contributed by atoms with Crippen molar-refractivity contribution in [1.29, 1.82) is 0 Å². The van der Waals surface area contributed by atoms with Crippen molar-refractivity contribution in [2.24, 2.45) is 0 Å². The Morgan fingerprint density at radius 1 is 1.03 bits per heavy atom. The molecule has 1 amide bonds. The molecule has 190 valence electrons. The monoisotopic (exact) mass is 489 g/mol. The van der Waals surface area contributed by atoms with Crippen molar-refractivity contribution in [3.05, 3.63) is 71.3 Å². The van der Waals surface area contributed by atoms with Gasteiger partial charge in [-0.3, -0.25) is 9.69 Å². The summed E-state index contributed by atoms with van der Waals surface area (Å²) in [6.07, 6.45) is 7.52. The molecule has 2 saturated heterocycles. The summed E-state index contributed by atoms with van der Waals surface area (Å²) in [6, 6.07) is 13.0. The van der Waals surface area contributed by atoms with Gasteiger partial charge in [-0.05, 0) is 86.6 Å². The number of hydrogen-bond acceptors (Lipinski definition) is 6. The highest BCUT2D eigenvalue weighted by atomic mass is 16.5. The second-order valence-electron chi connectivity index (χ2n) is 9.90. The lowest BCUT2D eigenvalue weighted by Crippen LogP contribution is -2.50. The lowest BCUT2D eigenvalue weighted by Gasteiger charge is -2.39. The molecule has 0 radical (unpaired) electrons. The summed E-state index contributed by atoms with van der Waals surface area (Å²) in [5.74, 6) is 0.931. The van der Waals surface area contributed by atoms with Gasteiger partial charge < -0.3 is 14.8 Å². The van der Waals surface area contributed by atoms with Gasteiger partial charge in [0.1, 0.15) is 25.0 Å². The summed E-state index contributed by atoms with van der Waals surface area (Å²) in [5, 5.41) is 7.43. The van der Waals surface area contributed by atoms with Crippen LogP contribution in [0.4, 0.5) is 0 Å². The number of fused-ring (bicyclic) bond motifs is 2. The highest BCUT2D eigenvalue weighted by Crippen LogP contribution is 2.38. The van der Waals surface area contributed by atoms with Crippen LogP contribution in [0.25, 0.3) is 5.69 Å². The quantitative estimate of drug-likeness (QED) is 0.460. The molecule has 2 unspecified atom stereocenters. The van der Waals surface area contributed by atoms with Crippen LogP contribution >= 0.6 is 0 Å². The molecule has 5 rings (SSSR count). The SMILES string of the molecule is COCCOc1ccc(CN2C3CCC2CC(NC(=O)c2ccc(-n4cncn4)cc2)C3)c(C)c1C. The molecule has 0 spiro atoms. The van der Waals surface area contributed by atoms with E-state index in [9.17, 15) is 4.79 Å². The zero-order valence-corrected chi connectivity index (χ0v) is 21.3. The van der Waals surface area contributed by atoms with E-state index in [1.54, 1.807) is 18.1 Å². The van der Waals surface area contributed by atoms with E-state index >= 15 is 0 Å². The Balaban J connectivity index is 1.19. The average Bonchev–Trinajstić information content (AvgIpc) is 3.50. The first-order chi connectivity index (χ1) is 17.5. The van der Waals surface area contributed by atoms with E-state index in [0.717, 1.165) is 30.8 Å². The Bertz CT molecular complexity index is 1160. The van der Waals surface area contributed by atoms with Crippen LogP contribution in [-0.2, 0) is 11.3 Å². The van der Waals surface area contributed by atoms with Crippen LogP contribution in [0.5, 0.6) is 5.75 Å². The summed E-state index contributed by atoms with van der Waals surface area (Å²) in [6.45, 7) is 6.42. The summed E-state index contributed by atoms with van der Waals surface area (Å²) >= 11 is 0. The number of rotatable bonds is 9. The third-order valence-corrected chi connectivity index (χ3v) is 7.78. The van der Waals surface area contributed by atoms with Crippen molar-refractivity contribution in [2.75, 3.05) is 20.3 Å². The number of nitrogens with one attached hydrogen (secondary N) is 1. The molecule has 1 aromatic heterocycles. The number of ether oxygens (including phenoxy) is 2. The molecule has 8 heteroatoms. The number of nitrogens with zero attached hydrogens (tertiary/aromatic N) is 4. The lowest BCUT2D eigenvalue weighted by molar-refractivity contribution is 0.0827. The van der Waals surface area contributed by atoms with E-state index in [4.69, 9.17) is 9.47 Å². The van der Waals surface area contributed by atoms with Gasteiger partial charge in [0.15, 0.2) is 0 Å². The van der Waals surface area contributed by atoms with Crippen LogP contribution in [-0.4, -0.2) is 64.0 Å². The van der Waals surface area contributed by atoms with E-state index in [1.165, 1.54) is 35.9 Å². The minimum atomic E-state index is -0.00600. The molecular weight excluding hydrogens is 454 g/mol. The second kappa shape index (κ2) is 10.8. The van der Waals surface area contributed by atoms with Crippen molar-refractivity contribution < 1.29 is 14.3 Å². The number of methoxy groups -OCH3 is 1. The fourth-order valence-electron chi connectivity index (χ4n) is 5.64. The first kappa shape index (κ1) is 24.5. The zero-order chi connectivity index (χ0) is 25.1. The van der Waals surface area contributed by atoms with Gasteiger partial charge in [-0.25, -0.2) is 9.67 Å². The molecule has 8 nitrogen and oxygen atoms in total. The van der Waals surface area contributed by atoms with Crippen molar-refractivity contribution in [2.45, 2.75) is 64.2 Å². The fourth-order valence-corrected chi connectivity index (χ4v) is 5.64. The first-order valence-electron chi connectivity index (χ1n) is 12.8. The van der Waals surface area contributed by atoms with Crippen molar-refractivity contribution in [3.8, 4) is 11.4 Å². The molecule has 0 aliphatic carbocycles. The Morgan fingerprint density at radius 2 is 1.78 bits per heavy atom. The van der Waals surface area contributed by atoms with Crippen molar-refractivity contribution in [3.63, 3.8) is 0 Å². The van der Waals surface area contributed by atoms with E-state index in [-0.39, 0.29) is 11.9 Å². The normalized spacial score (nSPS) is 21.5. The molecule has 0 saturated carbocycles. The maximum absolute atomic E-state index is 12.9. The van der Waals surface area contributed by atoms with Gasteiger partial charge in [-0.15, -0.1) is 0 Å². The van der Waals surface area contributed by atoms with Gasteiger partial charge >= 0.3 is 0 Å². The third kappa shape index (κ3) is 5.15. The largest absolute Gasteiger partial charge is 0.491 e. The van der Waals surface area contributed by atoms with Gasteiger partial charge in [-0.1, -0.05) is 6.07 Å². The van der Waals surface area contributed by atoms with E-state index < -0.39 is 0 Å². The lowest BCUT2D eigenvalue weighted by atomic mass is 9.94. The molecule has 36 heavy (non-hydrogen) atoms. The third-order valence-electron chi connectivity index (χ3n) is 7.78. The Kier molecular flexibility index (Phi) is 7.34. The zero-order valence-electron chi connectivity index (χ0n) is 21.3. The molecule has 1 N–H and O–H groups in total. The number of amides is 1. The number of benzene rings is 2. The smallest absolute Gasteiger partial charge is 0.251 e. The summed E-state index contributed by atoms with van der Waals surface area (Å²) in [7, 11) is 1.69. The second-order valence-corrected chi connectivity index (χ2v) is 9.90. The van der Waals surface area contributed by atoms with Crippen molar-refractivity contribution in [1.82, 2.24) is 25.0 Å². The van der Waals surface area contributed by atoms with E-state index in [0.29, 0.717) is 30.9 Å². The average molecular weight is 490 g/mol. The molecule has 2 fully saturated rings. The van der Waals surface area contributed by atoms with Crippen LogP contribution in [0.1, 0.15) is 52.7 Å². The van der Waals surface area contributed by atoms with Crippen LogP contribution < -0.4 is 10.1 Å². The molecule has 2 bridgehead atoms. The number of aromatic nitrogens is 3. The highest BCUT2D eigenvalue weighted by molar-refractivity contribution is 5.94. The maximum Gasteiger partial charge on any atom is 0.251 e. The van der Waals surface area contributed by atoms with Crippen LogP contribution in [0.15, 0.2) is 49.1 Å². The van der Waals surface area contributed by atoms with Crippen LogP contribution in [0.3, 0.4) is 0 Å². The number of hydrogen-bond donors (Lipinski definition) is 1. The fraction of sp³-hybridized carbons (Fsp3) is 0.464. The number of piperidine rings is 1. The molecule has 2 aliphatic heterocycles.